The van der Waals surface area contributed by atoms with Crippen LogP contribution >= 0.6 is 15.9 Å². The Morgan fingerprint density at radius 2 is 2.16 bits per heavy atom. The minimum absolute atomic E-state index is 0.149. The Bertz CT molecular complexity index is 572. The maximum absolute atomic E-state index is 13.3. The fourth-order valence-corrected chi connectivity index (χ4v) is 1.91. The van der Waals surface area contributed by atoms with Crippen LogP contribution in [0.25, 0.3) is 11.4 Å². The van der Waals surface area contributed by atoms with Crippen molar-refractivity contribution in [2.45, 2.75) is 13.3 Å². The second-order valence-electron chi connectivity index (χ2n) is 4.02. The van der Waals surface area contributed by atoms with Gasteiger partial charge in [-0.05, 0) is 34.5 Å². The summed E-state index contributed by atoms with van der Waals surface area (Å²) < 4.78 is 14.0. The third-order valence-corrected chi connectivity index (χ3v) is 3.01. The molecule has 4 nitrogen and oxygen atoms in total. The Balaban J connectivity index is 2.39. The van der Waals surface area contributed by atoms with Crippen molar-refractivity contribution in [3.8, 4) is 17.1 Å². The predicted octanol–water partition coefficient (Wildman–Crippen LogP) is 3.57. The molecule has 0 aliphatic rings. The Labute approximate surface area is 118 Å². The second-order valence-corrected chi connectivity index (χ2v) is 4.87. The maximum atomic E-state index is 13.3. The molecule has 1 aromatic carbocycles. The average Bonchev–Trinajstić information content (AvgIpc) is 2.36. The lowest BCUT2D eigenvalue weighted by molar-refractivity contribution is 0.469. The Kier molecular flexibility index (Phi) is 4.31. The number of benzene rings is 1. The number of phenolic OH excluding ortho intramolecular Hbond substituents is 1. The number of aromatic nitrogens is 2. The lowest BCUT2D eigenvalue weighted by atomic mass is 10.2. The lowest BCUT2D eigenvalue weighted by Crippen LogP contribution is -2.04. The third-order valence-electron chi connectivity index (χ3n) is 2.43. The summed E-state index contributed by atoms with van der Waals surface area (Å²) in [5.74, 6) is 0.335. The number of halogens is 2. The summed E-state index contributed by atoms with van der Waals surface area (Å²) >= 11 is 3.35. The van der Waals surface area contributed by atoms with Gasteiger partial charge in [0.05, 0.1) is 4.47 Å². The van der Waals surface area contributed by atoms with E-state index < -0.39 is 5.82 Å². The van der Waals surface area contributed by atoms with Crippen molar-refractivity contribution >= 4 is 21.7 Å². The zero-order valence-corrected chi connectivity index (χ0v) is 11.9. The Morgan fingerprint density at radius 1 is 1.37 bits per heavy atom. The van der Waals surface area contributed by atoms with Crippen molar-refractivity contribution in [2.75, 3.05) is 11.9 Å². The van der Waals surface area contributed by atoms with Crippen LogP contribution in [0.3, 0.4) is 0 Å². The molecule has 2 aromatic rings. The van der Waals surface area contributed by atoms with Crippen LogP contribution in [0.2, 0.25) is 0 Å². The van der Waals surface area contributed by atoms with Crippen molar-refractivity contribution < 1.29 is 9.50 Å². The molecule has 0 atom stereocenters. The third kappa shape index (κ3) is 3.41. The van der Waals surface area contributed by atoms with Gasteiger partial charge in [-0.25, -0.2) is 14.4 Å². The van der Waals surface area contributed by atoms with Gasteiger partial charge >= 0.3 is 0 Å². The number of rotatable bonds is 4. The molecule has 0 saturated heterocycles. The largest absolute Gasteiger partial charge is 0.508 e. The average molecular weight is 326 g/mol. The Morgan fingerprint density at radius 3 is 2.84 bits per heavy atom. The van der Waals surface area contributed by atoms with E-state index in [0.29, 0.717) is 17.2 Å². The van der Waals surface area contributed by atoms with Gasteiger partial charge < -0.3 is 10.4 Å². The highest BCUT2D eigenvalue weighted by Gasteiger charge is 2.09. The first-order valence-corrected chi connectivity index (χ1v) is 6.65. The smallest absolute Gasteiger partial charge is 0.161 e. The summed E-state index contributed by atoms with van der Waals surface area (Å²) in [6, 6.07) is 3.75. The molecule has 0 spiro atoms. The molecule has 2 N–H and O–H groups in total. The van der Waals surface area contributed by atoms with E-state index in [4.69, 9.17) is 0 Å². The molecular formula is C13H13BrFN3O. The van der Waals surface area contributed by atoms with Gasteiger partial charge in [0.15, 0.2) is 5.82 Å². The fourth-order valence-electron chi connectivity index (χ4n) is 1.58. The van der Waals surface area contributed by atoms with Crippen LogP contribution in [0.4, 0.5) is 10.2 Å². The van der Waals surface area contributed by atoms with E-state index in [1.807, 2.05) is 6.92 Å². The van der Waals surface area contributed by atoms with Gasteiger partial charge in [-0.3, -0.25) is 0 Å². The fraction of sp³-hybridized carbons (Fsp3) is 0.231. The van der Waals surface area contributed by atoms with Gasteiger partial charge in [-0.15, -0.1) is 0 Å². The molecule has 6 heteroatoms. The molecule has 0 bridgehead atoms. The molecular weight excluding hydrogens is 313 g/mol. The number of nitrogens with one attached hydrogen (secondary N) is 1. The molecule has 0 unspecified atom stereocenters. The van der Waals surface area contributed by atoms with E-state index >= 15 is 0 Å². The van der Waals surface area contributed by atoms with Crippen LogP contribution in [0.15, 0.2) is 28.9 Å². The van der Waals surface area contributed by atoms with Gasteiger partial charge in [0.2, 0.25) is 0 Å². The predicted molar refractivity (Wildman–Crippen MR) is 75.6 cm³/mol. The first-order chi connectivity index (χ1) is 9.10. The van der Waals surface area contributed by atoms with Gasteiger partial charge in [-0.2, -0.15) is 0 Å². The molecule has 0 amide bonds. The zero-order chi connectivity index (χ0) is 13.8. The van der Waals surface area contributed by atoms with Crippen LogP contribution < -0.4 is 5.32 Å². The topological polar surface area (TPSA) is 58.0 Å². The number of aromatic hydroxyl groups is 1. The first kappa shape index (κ1) is 13.7. The van der Waals surface area contributed by atoms with Crippen LogP contribution in [0.5, 0.6) is 5.75 Å². The standard InChI is InChI=1S/C13H13BrFN3O/c1-2-3-16-13-11(14)7-17-12(18-13)8-4-9(15)6-10(19)5-8/h4-7,19H,2-3H2,1H3,(H,16,17,18). The summed E-state index contributed by atoms with van der Waals surface area (Å²) in [7, 11) is 0. The van der Waals surface area contributed by atoms with Crippen LogP contribution in [0, 0.1) is 5.82 Å². The minimum Gasteiger partial charge on any atom is -0.508 e. The second kappa shape index (κ2) is 5.97. The SMILES string of the molecule is CCCNc1nc(-c2cc(O)cc(F)c2)ncc1Br. The molecule has 0 aliphatic carbocycles. The van der Waals surface area contributed by atoms with Gasteiger partial charge in [0, 0.05) is 24.4 Å². The molecule has 0 aliphatic heterocycles. The number of hydrogen-bond donors (Lipinski definition) is 2. The highest BCUT2D eigenvalue weighted by Crippen LogP contribution is 2.26. The quantitative estimate of drug-likeness (QED) is 0.902. The summed E-state index contributed by atoms with van der Waals surface area (Å²) in [6.45, 7) is 2.83. The number of anilines is 1. The summed E-state index contributed by atoms with van der Waals surface area (Å²) in [6.07, 6.45) is 2.56. The highest BCUT2D eigenvalue weighted by atomic mass is 79.9. The van der Waals surface area contributed by atoms with Gasteiger partial charge in [-0.1, -0.05) is 6.92 Å². The van der Waals surface area contributed by atoms with Crippen molar-refractivity contribution in [1.29, 1.82) is 0 Å². The van der Waals surface area contributed by atoms with Crippen molar-refractivity contribution in [3.63, 3.8) is 0 Å². The number of phenols is 1. The van der Waals surface area contributed by atoms with Crippen molar-refractivity contribution in [3.05, 3.63) is 34.7 Å². The van der Waals surface area contributed by atoms with Crippen LogP contribution in [0.1, 0.15) is 13.3 Å². The minimum atomic E-state index is -0.524. The van der Waals surface area contributed by atoms with E-state index in [-0.39, 0.29) is 5.75 Å². The molecule has 1 aromatic heterocycles. The van der Waals surface area contributed by atoms with Crippen LogP contribution in [-0.4, -0.2) is 21.6 Å². The first-order valence-electron chi connectivity index (χ1n) is 5.86. The van der Waals surface area contributed by atoms with E-state index in [9.17, 15) is 9.50 Å². The molecule has 0 fully saturated rings. The molecule has 19 heavy (non-hydrogen) atoms. The maximum Gasteiger partial charge on any atom is 0.161 e. The molecule has 100 valence electrons. The molecule has 2 rings (SSSR count). The van der Waals surface area contributed by atoms with Crippen molar-refractivity contribution in [2.24, 2.45) is 0 Å². The van der Waals surface area contributed by atoms with E-state index in [1.54, 1.807) is 6.20 Å². The molecule has 0 saturated carbocycles. The molecule has 1 heterocycles. The monoisotopic (exact) mass is 325 g/mol. The van der Waals surface area contributed by atoms with Crippen LogP contribution in [-0.2, 0) is 0 Å². The van der Waals surface area contributed by atoms with E-state index in [2.05, 4.69) is 31.2 Å². The Hall–Kier alpha value is -1.69. The summed E-state index contributed by atoms with van der Waals surface area (Å²) in [4.78, 5) is 8.44. The highest BCUT2D eigenvalue weighted by molar-refractivity contribution is 9.10. The summed E-state index contributed by atoms with van der Waals surface area (Å²) in [5.41, 5.74) is 0.435. The number of nitrogens with zero attached hydrogens (tertiary/aromatic N) is 2. The summed E-state index contributed by atoms with van der Waals surface area (Å²) in [5, 5.41) is 12.5. The molecule has 0 radical (unpaired) electrons. The van der Waals surface area contributed by atoms with Crippen molar-refractivity contribution in [1.82, 2.24) is 9.97 Å². The number of hydrogen-bond acceptors (Lipinski definition) is 4. The van der Waals surface area contributed by atoms with Gasteiger partial charge in [0.1, 0.15) is 17.4 Å². The van der Waals surface area contributed by atoms with E-state index in [0.717, 1.165) is 23.5 Å². The normalized spacial score (nSPS) is 10.5. The van der Waals surface area contributed by atoms with Gasteiger partial charge in [0.25, 0.3) is 0 Å². The zero-order valence-electron chi connectivity index (χ0n) is 10.3. The van der Waals surface area contributed by atoms with E-state index in [1.165, 1.54) is 12.1 Å². The lowest BCUT2D eigenvalue weighted by Gasteiger charge is -2.08.